The van der Waals surface area contributed by atoms with Gasteiger partial charge in [-0.3, -0.25) is 4.79 Å². The zero-order valence-electron chi connectivity index (χ0n) is 8.97. The van der Waals surface area contributed by atoms with Crippen molar-refractivity contribution in [3.8, 4) is 11.4 Å². The molecule has 2 rings (SSSR count). The predicted octanol–water partition coefficient (Wildman–Crippen LogP) is 1.43. The molecule has 0 aliphatic rings. The van der Waals surface area contributed by atoms with Crippen molar-refractivity contribution >= 4 is 5.97 Å². The number of aryl methyl sites for hydroxylation is 1. The van der Waals surface area contributed by atoms with Gasteiger partial charge in [-0.05, 0) is 12.1 Å². The van der Waals surface area contributed by atoms with E-state index in [4.69, 9.17) is 5.11 Å². The monoisotopic (exact) mass is 219 g/mol. The van der Waals surface area contributed by atoms with Gasteiger partial charge in [0.25, 0.3) is 0 Å². The molecular formula is C11H13N3O2. The molecule has 0 aliphatic carbocycles. The molecule has 0 aliphatic heterocycles. The summed E-state index contributed by atoms with van der Waals surface area (Å²) in [6.07, 6.45) is 4.16. The van der Waals surface area contributed by atoms with E-state index in [0.717, 1.165) is 17.2 Å². The Morgan fingerprint density at radius 1 is 1.62 bits per heavy atom. The zero-order chi connectivity index (χ0) is 11.5. The van der Waals surface area contributed by atoms with Crippen molar-refractivity contribution in [1.29, 1.82) is 0 Å². The Hall–Kier alpha value is -2.04. The number of aromatic amines is 1. The second-order valence-corrected chi connectivity index (χ2v) is 3.60. The molecule has 0 saturated carbocycles. The second-order valence-electron chi connectivity index (χ2n) is 3.60. The number of hydrogen-bond donors (Lipinski definition) is 2. The summed E-state index contributed by atoms with van der Waals surface area (Å²) >= 11 is 0. The topological polar surface area (TPSA) is 70.9 Å². The van der Waals surface area contributed by atoms with Crippen LogP contribution < -0.4 is 0 Å². The van der Waals surface area contributed by atoms with Gasteiger partial charge in [0.05, 0.1) is 24.0 Å². The second kappa shape index (κ2) is 4.22. The maximum Gasteiger partial charge on any atom is 0.303 e. The van der Waals surface area contributed by atoms with Gasteiger partial charge in [-0.2, -0.15) is 0 Å². The zero-order valence-corrected chi connectivity index (χ0v) is 8.97. The molecule has 2 aromatic heterocycles. The van der Waals surface area contributed by atoms with Crippen LogP contribution in [-0.2, 0) is 18.3 Å². The van der Waals surface area contributed by atoms with Crippen LogP contribution in [0.5, 0.6) is 0 Å². The third-order valence-electron chi connectivity index (χ3n) is 2.52. The molecule has 0 fully saturated rings. The highest BCUT2D eigenvalue weighted by atomic mass is 16.4. The van der Waals surface area contributed by atoms with E-state index in [2.05, 4.69) is 9.97 Å². The summed E-state index contributed by atoms with van der Waals surface area (Å²) in [5.74, 6) is -0.0172. The Labute approximate surface area is 92.8 Å². The molecule has 0 radical (unpaired) electrons. The van der Waals surface area contributed by atoms with Crippen LogP contribution in [-0.4, -0.2) is 25.6 Å². The lowest BCUT2D eigenvalue weighted by atomic mass is 10.3. The lowest BCUT2D eigenvalue weighted by molar-refractivity contribution is -0.137. The summed E-state index contributed by atoms with van der Waals surface area (Å²) < 4.78 is 1.91. The van der Waals surface area contributed by atoms with Crippen LogP contribution in [0.1, 0.15) is 12.2 Å². The average Bonchev–Trinajstić information content (AvgIpc) is 2.84. The molecule has 2 N–H and O–H groups in total. The highest BCUT2D eigenvalue weighted by Crippen LogP contribution is 2.17. The number of rotatable bonds is 4. The van der Waals surface area contributed by atoms with Gasteiger partial charge in [0.1, 0.15) is 5.82 Å². The summed E-state index contributed by atoms with van der Waals surface area (Å²) in [7, 11) is 1.89. The third-order valence-corrected chi connectivity index (χ3v) is 2.52. The number of aliphatic carboxylic acids is 1. The molecule has 5 nitrogen and oxygen atoms in total. The van der Waals surface area contributed by atoms with E-state index in [1.807, 2.05) is 29.9 Å². The molecule has 0 bridgehead atoms. The fourth-order valence-corrected chi connectivity index (χ4v) is 1.64. The summed E-state index contributed by atoms with van der Waals surface area (Å²) in [4.78, 5) is 17.8. The highest BCUT2D eigenvalue weighted by molar-refractivity contribution is 5.67. The number of hydrogen-bond acceptors (Lipinski definition) is 2. The number of carboxylic acids is 1. The summed E-state index contributed by atoms with van der Waals surface area (Å²) in [5.41, 5.74) is 1.95. The van der Waals surface area contributed by atoms with E-state index < -0.39 is 5.97 Å². The lowest BCUT2D eigenvalue weighted by Crippen LogP contribution is -2.04. The van der Waals surface area contributed by atoms with Gasteiger partial charge in [-0.25, -0.2) is 4.98 Å². The highest BCUT2D eigenvalue weighted by Gasteiger charge is 2.09. The lowest BCUT2D eigenvalue weighted by Gasteiger charge is -2.03. The van der Waals surface area contributed by atoms with E-state index in [1.165, 1.54) is 0 Å². The molecule has 16 heavy (non-hydrogen) atoms. The molecule has 0 aromatic carbocycles. The van der Waals surface area contributed by atoms with Crippen molar-refractivity contribution in [2.75, 3.05) is 0 Å². The van der Waals surface area contributed by atoms with Gasteiger partial charge in [0, 0.05) is 19.7 Å². The number of carboxylic acid groups (broad SMARTS) is 1. The van der Waals surface area contributed by atoms with Gasteiger partial charge in [-0.1, -0.05) is 0 Å². The number of nitrogens with zero attached hydrogens (tertiary/aromatic N) is 2. The Balaban J connectivity index is 2.21. The van der Waals surface area contributed by atoms with Crippen molar-refractivity contribution < 1.29 is 9.90 Å². The van der Waals surface area contributed by atoms with Crippen molar-refractivity contribution in [2.45, 2.75) is 12.8 Å². The first kappa shape index (κ1) is 10.5. The minimum Gasteiger partial charge on any atom is -0.481 e. The van der Waals surface area contributed by atoms with Crippen LogP contribution in [0.25, 0.3) is 11.4 Å². The predicted molar refractivity (Wildman–Crippen MR) is 59.0 cm³/mol. The molecule has 5 heteroatoms. The van der Waals surface area contributed by atoms with E-state index in [9.17, 15) is 4.79 Å². The molecule has 0 unspecified atom stereocenters. The van der Waals surface area contributed by atoms with Crippen molar-refractivity contribution in [2.24, 2.45) is 7.05 Å². The summed E-state index contributed by atoms with van der Waals surface area (Å²) in [5, 5.41) is 8.61. The Kier molecular flexibility index (Phi) is 2.76. The molecular weight excluding hydrogens is 206 g/mol. The minimum atomic E-state index is -0.801. The fraction of sp³-hybridized carbons (Fsp3) is 0.273. The van der Waals surface area contributed by atoms with Crippen LogP contribution in [0.4, 0.5) is 0 Å². The van der Waals surface area contributed by atoms with Crippen LogP contribution in [0.3, 0.4) is 0 Å². The molecule has 0 saturated heterocycles. The van der Waals surface area contributed by atoms with Crippen molar-refractivity contribution in [3.05, 3.63) is 30.4 Å². The first-order chi connectivity index (χ1) is 7.68. The standard InChI is InChI=1S/C11H13N3O2/c1-14-9(8-3-2-6-12-8)7-13-10(14)4-5-11(15)16/h2-3,6-7,12H,4-5H2,1H3,(H,15,16). The maximum atomic E-state index is 10.5. The van der Waals surface area contributed by atoms with E-state index in [-0.39, 0.29) is 6.42 Å². The van der Waals surface area contributed by atoms with Crippen molar-refractivity contribution in [1.82, 2.24) is 14.5 Å². The maximum absolute atomic E-state index is 10.5. The fourth-order valence-electron chi connectivity index (χ4n) is 1.64. The number of carbonyl (C=O) groups is 1. The SMILES string of the molecule is Cn1c(-c2ccc[nH]2)cnc1CCC(=O)O. The average molecular weight is 219 g/mol. The molecule has 2 heterocycles. The van der Waals surface area contributed by atoms with Crippen LogP contribution in [0.2, 0.25) is 0 Å². The molecule has 0 amide bonds. The van der Waals surface area contributed by atoms with E-state index in [0.29, 0.717) is 6.42 Å². The van der Waals surface area contributed by atoms with Crippen LogP contribution >= 0.6 is 0 Å². The van der Waals surface area contributed by atoms with E-state index >= 15 is 0 Å². The van der Waals surface area contributed by atoms with Gasteiger partial charge < -0.3 is 14.7 Å². The summed E-state index contributed by atoms with van der Waals surface area (Å²) in [6.45, 7) is 0. The van der Waals surface area contributed by atoms with Gasteiger partial charge in [0.2, 0.25) is 0 Å². The number of imidazole rings is 1. The molecule has 2 aromatic rings. The Morgan fingerprint density at radius 2 is 2.44 bits per heavy atom. The Bertz CT molecular complexity index is 485. The smallest absolute Gasteiger partial charge is 0.303 e. The molecule has 0 atom stereocenters. The Morgan fingerprint density at radius 3 is 3.06 bits per heavy atom. The van der Waals surface area contributed by atoms with Crippen LogP contribution in [0.15, 0.2) is 24.5 Å². The van der Waals surface area contributed by atoms with E-state index in [1.54, 1.807) is 6.20 Å². The molecule has 0 spiro atoms. The first-order valence-corrected chi connectivity index (χ1v) is 5.04. The number of nitrogens with one attached hydrogen (secondary N) is 1. The van der Waals surface area contributed by atoms with Gasteiger partial charge in [-0.15, -0.1) is 0 Å². The largest absolute Gasteiger partial charge is 0.481 e. The quantitative estimate of drug-likeness (QED) is 0.817. The first-order valence-electron chi connectivity index (χ1n) is 5.04. The molecule has 84 valence electrons. The number of aromatic nitrogens is 3. The normalized spacial score (nSPS) is 10.6. The third kappa shape index (κ3) is 1.98. The van der Waals surface area contributed by atoms with Gasteiger partial charge >= 0.3 is 5.97 Å². The van der Waals surface area contributed by atoms with Crippen LogP contribution in [0, 0.1) is 0 Å². The summed E-state index contributed by atoms with van der Waals surface area (Å²) in [6, 6.07) is 3.87. The van der Waals surface area contributed by atoms with Crippen molar-refractivity contribution in [3.63, 3.8) is 0 Å². The number of H-pyrrole nitrogens is 1. The van der Waals surface area contributed by atoms with Gasteiger partial charge in [0.15, 0.2) is 0 Å². The minimum absolute atomic E-state index is 0.106.